The van der Waals surface area contributed by atoms with Crippen LogP contribution in [0.3, 0.4) is 0 Å². The summed E-state index contributed by atoms with van der Waals surface area (Å²) in [5, 5.41) is 13.6. The zero-order valence-electron chi connectivity index (χ0n) is 14.6. The minimum atomic E-state index is -1.19. The fraction of sp³-hybridized carbons (Fsp3) is 0.611. The molecule has 0 aliphatic carbocycles. The molecule has 0 bridgehead atoms. The summed E-state index contributed by atoms with van der Waals surface area (Å²) in [4.78, 5) is 12.8. The van der Waals surface area contributed by atoms with Crippen molar-refractivity contribution in [2.75, 3.05) is 12.3 Å². The van der Waals surface area contributed by atoms with E-state index in [0.717, 1.165) is 12.0 Å². The quantitative estimate of drug-likeness (QED) is 0.378. The normalized spacial score (nSPS) is 17.8. The molecule has 0 aliphatic rings. The van der Waals surface area contributed by atoms with Gasteiger partial charge in [-0.1, -0.05) is 50.6 Å². The second kappa shape index (κ2) is 10.8. The number of rotatable bonds is 11. The van der Waals surface area contributed by atoms with Crippen LogP contribution in [0.2, 0.25) is 0 Å². The zero-order valence-corrected chi connectivity index (χ0v) is 15.5. The summed E-state index contributed by atoms with van der Waals surface area (Å²) in [5.41, 5.74) is 13.0. The maximum atomic E-state index is 12.8. The molecular weight excluding hydrogens is 322 g/mol. The van der Waals surface area contributed by atoms with Crippen LogP contribution in [0.1, 0.15) is 25.8 Å². The molecule has 1 rings (SSSR count). The van der Waals surface area contributed by atoms with Crippen molar-refractivity contribution in [3.8, 4) is 0 Å². The van der Waals surface area contributed by atoms with E-state index in [1.165, 1.54) is 0 Å². The number of carbonyl (C=O) groups excluding carboxylic acids is 1. The number of aliphatic hydroxyl groups excluding tert-OH is 1. The van der Waals surface area contributed by atoms with E-state index in [4.69, 9.17) is 11.5 Å². The second-order valence-corrected chi connectivity index (χ2v) is 6.77. The fourth-order valence-electron chi connectivity index (χ4n) is 2.46. The lowest BCUT2D eigenvalue weighted by molar-refractivity contribution is -0.130. The van der Waals surface area contributed by atoms with Crippen LogP contribution in [0.4, 0.5) is 0 Å². The van der Waals surface area contributed by atoms with Gasteiger partial charge in [-0.15, -0.1) is 0 Å². The van der Waals surface area contributed by atoms with Crippen molar-refractivity contribution >= 4 is 18.4 Å². The number of thiol groups is 1. The lowest BCUT2D eigenvalue weighted by atomic mass is 9.89. The summed E-state index contributed by atoms with van der Waals surface area (Å²) in [6, 6.07) is 8.46. The van der Waals surface area contributed by atoms with E-state index in [1.54, 1.807) is 0 Å². The van der Waals surface area contributed by atoms with Gasteiger partial charge in [0.2, 0.25) is 0 Å². The Morgan fingerprint density at radius 1 is 1.29 bits per heavy atom. The van der Waals surface area contributed by atoms with Gasteiger partial charge >= 0.3 is 0 Å². The van der Waals surface area contributed by atoms with Crippen LogP contribution < -0.4 is 16.8 Å². The van der Waals surface area contributed by atoms with E-state index in [2.05, 4.69) is 17.9 Å². The lowest BCUT2D eigenvalue weighted by Gasteiger charge is -2.27. The van der Waals surface area contributed by atoms with Crippen molar-refractivity contribution in [1.82, 2.24) is 5.32 Å². The Balaban J connectivity index is 2.83. The molecule has 0 fully saturated rings. The van der Waals surface area contributed by atoms with E-state index >= 15 is 0 Å². The maximum Gasteiger partial charge on any atom is 0.180 e. The van der Waals surface area contributed by atoms with E-state index in [9.17, 15) is 9.90 Å². The number of hydrogen-bond acceptors (Lipinski definition) is 6. The van der Waals surface area contributed by atoms with Crippen molar-refractivity contribution in [2.45, 2.75) is 50.9 Å². The molecule has 0 saturated carbocycles. The first kappa shape index (κ1) is 21.1. The third kappa shape index (κ3) is 6.53. The summed E-state index contributed by atoms with van der Waals surface area (Å²) in [7, 11) is 0. The Labute approximate surface area is 150 Å². The van der Waals surface area contributed by atoms with Crippen LogP contribution in [0.25, 0.3) is 0 Å². The molecule has 0 amide bonds. The second-order valence-electron chi connectivity index (χ2n) is 6.40. The predicted octanol–water partition coefficient (Wildman–Crippen LogP) is 0.748. The molecule has 0 radical (unpaired) electrons. The van der Waals surface area contributed by atoms with Crippen LogP contribution in [0, 0.1) is 5.92 Å². The van der Waals surface area contributed by atoms with Crippen molar-refractivity contribution in [3.63, 3.8) is 0 Å². The van der Waals surface area contributed by atoms with Gasteiger partial charge in [-0.2, -0.15) is 12.6 Å². The average molecular weight is 354 g/mol. The Morgan fingerprint density at radius 3 is 2.46 bits per heavy atom. The molecular formula is C18H31N3O2S. The largest absolute Gasteiger partial charge is 0.384 e. The van der Waals surface area contributed by atoms with Gasteiger partial charge in [0, 0.05) is 24.4 Å². The standard InChI is InChI=1S/C18H31N3O2S/c1-3-12(2)16(20)18(23)17(22)15(21-10-14(19)11-24)9-13-7-5-4-6-8-13/h4-8,12,14-16,18,21,23-24H,3,9-11,19-20H2,1-2H3/t12-,14+,15-,16-,18?/m0/s1. The Hall–Kier alpha value is -0.920. The fourth-order valence-corrected chi connectivity index (χ4v) is 2.59. The van der Waals surface area contributed by atoms with Crippen LogP contribution in [0.5, 0.6) is 0 Å². The summed E-state index contributed by atoms with van der Waals surface area (Å²) < 4.78 is 0. The van der Waals surface area contributed by atoms with E-state index < -0.39 is 18.2 Å². The first-order valence-corrected chi connectivity index (χ1v) is 9.15. The van der Waals surface area contributed by atoms with Gasteiger partial charge in [0.15, 0.2) is 5.78 Å². The van der Waals surface area contributed by atoms with Gasteiger partial charge in [0.25, 0.3) is 0 Å². The van der Waals surface area contributed by atoms with Crippen molar-refractivity contribution in [3.05, 3.63) is 35.9 Å². The summed E-state index contributed by atoms with van der Waals surface area (Å²) >= 11 is 4.16. The monoisotopic (exact) mass is 353 g/mol. The number of nitrogens with two attached hydrogens (primary N) is 2. The third-order valence-corrected chi connectivity index (χ3v) is 4.91. The number of hydrogen-bond donors (Lipinski definition) is 5. The molecule has 5 atom stereocenters. The first-order valence-electron chi connectivity index (χ1n) is 8.51. The van der Waals surface area contributed by atoms with Crippen molar-refractivity contribution in [2.24, 2.45) is 17.4 Å². The van der Waals surface area contributed by atoms with Crippen LogP contribution >= 0.6 is 12.6 Å². The van der Waals surface area contributed by atoms with Gasteiger partial charge in [-0.25, -0.2) is 0 Å². The average Bonchev–Trinajstić information content (AvgIpc) is 2.62. The minimum Gasteiger partial charge on any atom is -0.384 e. The van der Waals surface area contributed by atoms with E-state index in [0.29, 0.717) is 18.7 Å². The van der Waals surface area contributed by atoms with Gasteiger partial charge < -0.3 is 21.9 Å². The third-order valence-electron chi connectivity index (χ3n) is 4.44. The molecule has 1 unspecified atom stereocenters. The zero-order chi connectivity index (χ0) is 18.1. The predicted molar refractivity (Wildman–Crippen MR) is 102 cm³/mol. The molecule has 0 saturated heterocycles. The summed E-state index contributed by atoms with van der Waals surface area (Å²) in [6.07, 6.45) is 0.115. The molecule has 24 heavy (non-hydrogen) atoms. The maximum absolute atomic E-state index is 12.8. The first-order chi connectivity index (χ1) is 11.4. The van der Waals surface area contributed by atoms with Gasteiger partial charge in [0.1, 0.15) is 6.10 Å². The lowest BCUT2D eigenvalue weighted by Crippen LogP contribution is -2.54. The number of Topliss-reactive ketones (excluding diaryl/α,β-unsaturated/α-hetero) is 1. The van der Waals surface area contributed by atoms with Crippen LogP contribution in [0.15, 0.2) is 30.3 Å². The van der Waals surface area contributed by atoms with Crippen LogP contribution in [-0.4, -0.2) is 47.4 Å². The number of aliphatic hydroxyl groups is 1. The summed E-state index contributed by atoms with van der Waals surface area (Å²) in [6.45, 7) is 4.39. The molecule has 6 heteroatoms. The highest BCUT2D eigenvalue weighted by molar-refractivity contribution is 7.80. The minimum absolute atomic E-state index is 0.0704. The molecule has 0 spiro atoms. The molecule has 6 N–H and O–H groups in total. The Morgan fingerprint density at radius 2 is 1.92 bits per heavy atom. The SMILES string of the molecule is CC[C@H](C)[C@H](N)C(O)C(=O)[C@H](Cc1ccccc1)NC[C@@H](N)CS. The molecule has 136 valence electrons. The summed E-state index contributed by atoms with van der Waals surface area (Å²) in [5.74, 6) is 0.313. The number of nitrogens with one attached hydrogen (secondary N) is 1. The Bertz CT molecular complexity index is 486. The highest BCUT2D eigenvalue weighted by atomic mass is 32.1. The highest BCUT2D eigenvalue weighted by Crippen LogP contribution is 2.13. The molecule has 5 nitrogen and oxygen atoms in total. The van der Waals surface area contributed by atoms with E-state index in [1.807, 2.05) is 44.2 Å². The number of benzene rings is 1. The molecule has 0 aromatic heterocycles. The van der Waals surface area contributed by atoms with Gasteiger partial charge in [-0.3, -0.25) is 4.79 Å². The molecule has 0 heterocycles. The Kier molecular flexibility index (Phi) is 9.54. The van der Waals surface area contributed by atoms with Crippen molar-refractivity contribution < 1.29 is 9.90 Å². The van der Waals surface area contributed by atoms with E-state index in [-0.39, 0.29) is 17.7 Å². The van der Waals surface area contributed by atoms with Gasteiger partial charge in [-0.05, 0) is 17.9 Å². The topological polar surface area (TPSA) is 101 Å². The van der Waals surface area contributed by atoms with Gasteiger partial charge in [0.05, 0.1) is 6.04 Å². The molecule has 1 aromatic rings. The molecule has 0 aliphatic heterocycles. The van der Waals surface area contributed by atoms with Crippen LogP contribution in [-0.2, 0) is 11.2 Å². The molecule has 1 aromatic carbocycles. The number of carbonyl (C=O) groups is 1. The smallest absolute Gasteiger partial charge is 0.180 e. The highest BCUT2D eigenvalue weighted by Gasteiger charge is 2.32. The van der Waals surface area contributed by atoms with Crippen molar-refractivity contribution in [1.29, 1.82) is 0 Å². The number of ketones is 1.